The Balaban J connectivity index is 2.16. The van der Waals surface area contributed by atoms with Crippen molar-refractivity contribution in [3.05, 3.63) is 58.6 Å². The van der Waals surface area contributed by atoms with Crippen LogP contribution in [-0.2, 0) is 14.3 Å². The number of ether oxygens (including phenoxy) is 5. The van der Waals surface area contributed by atoms with Gasteiger partial charge in [0.05, 0.1) is 33.0 Å². The molecule has 0 aliphatic heterocycles. The average molecular weight is 447 g/mol. The van der Waals surface area contributed by atoms with Crippen LogP contribution < -0.4 is 18.9 Å². The predicted octanol–water partition coefficient (Wildman–Crippen LogP) is 4.56. The second-order valence-electron chi connectivity index (χ2n) is 5.99. The minimum absolute atomic E-state index is 0.232. The van der Waals surface area contributed by atoms with Crippen LogP contribution in [0.15, 0.2) is 42.5 Å². The molecular weight excluding hydrogens is 424 g/mol. The molecule has 7 nitrogen and oxygen atoms in total. The Bertz CT molecular complexity index is 996. The molecular formula is C23H23ClO7. The van der Waals surface area contributed by atoms with Crippen molar-refractivity contribution in [2.75, 3.05) is 27.9 Å². The van der Waals surface area contributed by atoms with Gasteiger partial charge in [-0.3, -0.25) is 0 Å². The molecule has 0 heterocycles. The molecule has 0 bridgehead atoms. The smallest absolute Gasteiger partial charge is 0.336 e. The summed E-state index contributed by atoms with van der Waals surface area (Å²) in [6, 6.07) is 8.23. The van der Waals surface area contributed by atoms with Gasteiger partial charge in [0.15, 0.2) is 23.0 Å². The topological polar surface area (TPSA) is 80.3 Å². The third-order valence-corrected chi connectivity index (χ3v) is 4.24. The van der Waals surface area contributed by atoms with Crippen LogP contribution in [0.4, 0.5) is 0 Å². The lowest BCUT2D eigenvalue weighted by Gasteiger charge is -2.11. The highest BCUT2D eigenvalue weighted by molar-refractivity contribution is 6.32. The van der Waals surface area contributed by atoms with Crippen LogP contribution in [0.3, 0.4) is 0 Å². The van der Waals surface area contributed by atoms with Gasteiger partial charge in [0.1, 0.15) is 0 Å². The fourth-order valence-electron chi connectivity index (χ4n) is 2.56. The van der Waals surface area contributed by atoms with Crippen LogP contribution in [0.25, 0.3) is 12.2 Å². The highest BCUT2D eigenvalue weighted by atomic mass is 35.5. The molecule has 0 aliphatic rings. The minimum Gasteiger partial charge on any atom is -0.493 e. The number of methoxy groups -OCH3 is 3. The summed E-state index contributed by atoms with van der Waals surface area (Å²) in [5, 5.41) is 0.360. The van der Waals surface area contributed by atoms with Crippen molar-refractivity contribution in [3.8, 4) is 23.0 Å². The van der Waals surface area contributed by atoms with Crippen LogP contribution >= 0.6 is 11.6 Å². The van der Waals surface area contributed by atoms with E-state index in [1.165, 1.54) is 33.5 Å². The summed E-state index contributed by atoms with van der Waals surface area (Å²) in [5.74, 6) is 0.374. The molecule has 0 amide bonds. The fraction of sp³-hybridized carbons (Fsp3) is 0.217. The lowest BCUT2D eigenvalue weighted by molar-refractivity contribution is -0.134. The molecule has 0 aromatic heterocycles. The van der Waals surface area contributed by atoms with E-state index in [0.717, 1.165) is 0 Å². The number of rotatable bonds is 9. The van der Waals surface area contributed by atoms with Crippen molar-refractivity contribution in [3.63, 3.8) is 0 Å². The maximum absolute atomic E-state index is 12.3. The molecule has 0 radical (unpaired) electrons. The first-order valence-electron chi connectivity index (χ1n) is 9.26. The van der Waals surface area contributed by atoms with Crippen LogP contribution in [0.2, 0.25) is 5.02 Å². The number of halogens is 1. The van der Waals surface area contributed by atoms with E-state index in [2.05, 4.69) is 4.74 Å². The van der Waals surface area contributed by atoms with Crippen LogP contribution in [0.5, 0.6) is 23.0 Å². The van der Waals surface area contributed by atoms with Gasteiger partial charge in [0.25, 0.3) is 0 Å². The number of esters is 2. The molecule has 8 heteroatoms. The van der Waals surface area contributed by atoms with Crippen molar-refractivity contribution in [2.45, 2.75) is 6.92 Å². The zero-order valence-electron chi connectivity index (χ0n) is 17.6. The van der Waals surface area contributed by atoms with Gasteiger partial charge in [0, 0.05) is 12.2 Å². The average Bonchev–Trinajstić information content (AvgIpc) is 2.76. The molecule has 2 aromatic rings. The number of carbonyl (C=O) groups is 2. The fourth-order valence-corrected chi connectivity index (χ4v) is 2.85. The summed E-state index contributed by atoms with van der Waals surface area (Å²) in [6.45, 7) is 2.28. The van der Waals surface area contributed by atoms with Crippen LogP contribution in [-0.4, -0.2) is 39.9 Å². The standard InChI is InChI=1S/C23H23ClO7/c1-5-30-20-14-16(12-17(24)23(20)29-4)8-11-22(26)31-18-9-6-15(13-19(18)27-2)7-10-21(25)28-3/h6-14H,5H2,1-4H3/b10-7+,11-8+. The van der Waals surface area contributed by atoms with E-state index in [-0.39, 0.29) is 5.75 Å². The van der Waals surface area contributed by atoms with Crippen LogP contribution in [0, 0.1) is 0 Å². The van der Waals surface area contributed by atoms with Gasteiger partial charge in [-0.05, 0) is 54.5 Å². The van der Waals surface area contributed by atoms with E-state index >= 15 is 0 Å². The lowest BCUT2D eigenvalue weighted by Crippen LogP contribution is -2.05. The van der Waals surface area contributed by atoms with Gasteiger partial charge in [-0.15, -0.1) is 0 Å². The van der Waals surface area contributed by atoms with Gasteiger partial charge in [-0.2, -0.15) is 0 Å². The van der Waals surface area contributed by atoms with Crippen molar-refractivity contribution in [1.82, 2.24) is 0 Å². The number of carbonyl (C=O) groups excluding carboxylic acids is 2. The number of hydrogen-bond acceptors (Lipinski definition) is 7. The molecule has 0 unspecified atom stereocenters. The SMILES string of the molecule is CCOc1cc(/C=C/C(=O)Oc2ccc(/C=C/C(=O)OC)cc2OC)cc(Cl)c1OC. The second kappa shape index (κ2) is 11.7. The quantitative estimate of drug-likeness (QED) is 0.317. The first kappa shape index (κ1) is 23.8. The van der Waals surface area contributed by atoms with Gasteiger partial charge in [0.2, 0.25) is 0 Å². The number of hydrogen-bond donors (Lipinski definition) is 0. The molecule has 2 aromatic carbocycles. The normalized spacial score (nSPS) is 10.9. The Labute approximate surface area is 185 Å². The van der Waals surface area contributed by atoms with Gasteiger partial charge >= 0.3 is 11.9 Å². The lowest BCUT2D eigenvalue weighted by atomic mass is 10.2. The molecule has 0 saturated carbocycles. The minimum atomic E-state index is -0.610. The molecule has 0 saturated heterocycles. The molecule has 0 spiro atoms. The first-order valence-corrected chi connectivity index (χ1v) is 9.63. The first-order chi connectivity index (χ1) is 14.9. The summed E-state index contributed by atoms with van der Waals surface area (Å²) in [4.78, 5) is 23.5. The zero-order valence-corrected chi connectivity index (χ0v) is 18.4. The molecule has 0 aliphatic carbocycles. The molecule has 0 fully saturated rings. The van der Waals surface area contributed by atoms with Crippen LogP contribution in [0.1, 0.15) is 18.1 Å². The second-order valence-corrected chi connectivity index (χ2v) is 6.40. The van der Waals surface area contributed by atoms with Crippen molar-refractivity contribution < 1.29 is 33.3 Å². The molecule has 2 rings (SSSR count). The maximum Gasteiger partial charge on any atom is 0.336 e. The van der Waals surface area contributed by atoms with E-state index in [1.54, 1.807) is 42.5 Å². The third-order valence-electron chi connectivity index (χ3n) is 3.96. The van der Waals surface area contributed by atoms with E-state index in [1.807, 2.05) is 6.92 Å². The third kappa shape index (κ3) is 6.79. The number of benzene rings is 2. The monoisotopic (exact) mass is 446 g/mol. The Hall–Kier alpha value is -3.45. The van der Waals surface area contributed by atoms with Crippen molar-refractivity contribution in [2.24, 2.45) is 0 Å². The summed E-state index contributed by atoms with van der Waals surface area (Å²) >= 11 is 6.22. The van der Waals surface area contributed by atoms with E-state index < -0.39 is 11.9 Å². The Morgan fingerprint density at radius 3 is 2.19 bits per heavy atom. The van der Waals surface area contributed by atoms with Gasteiger partial charge in [-0.25, -0.2) is 9.59 Å². The summed E-state index contributed by atoms with van der Waals surface area (Å²) in [5.41, 5.74) is 1.32. The van der Waals surface area contributed by atoms with E-state index in [9.17, 15) is 9.59 Å². The largest absolute Gasteiger partial charge is 0.493 e. The Kier molecular flexibility index (Phi) is 8.96. The highest BCUT2D eigenvalue weighted by Crippen LogP contribution is 2.36. The Morgan fingerprint density at radius 1 is 0.871 bits per heavy atom. The maximum atomic E-state index is 12.3. The molecule has 31 heavy (non-hydrogen) atoms. The Morgan fingerprint density at radius 2 is 1.55 bits per heavy atom. The van der Waals surface area contributed by atoms with Gasteiger partial charge < -0.3 is 23.7 Å². The molecule has 164 valence electrons. The van der Waals surface area contributed by atoms with Crippen molar-refractivity contribution in [1.29, 1.82) is 0 Å². The molecule has 0 atom stereocenters. The molecule has 0 N–H and O–H groups in total. The summed E-state index contributed by atoms with van der Waals surface area (Å²) in [7, 11) is 4.24. The predicted molar refractivity (Wildman–Crippen MR) is 118 cm³/mol. The summed E-state index contributed by atoms with van der Waals surface area (Å²) in [6.07, 6.45) is 5.65. The summed E-state index contributed by atoms with van der Waals surface area (Å²) < 4.78 is 25.9. The zero-order chi connectivity index (χ0) is 22.8. The van der Waals surface area contributed by atoms with E-state index in [0.29, 0.717) is 40.0 Å². The highest BCUT2D eigenvalue weighted by Gasteiger charge is 2.12. The van der Waals surface area contributed by atoms with Gasteiger partial charge in [-0.1, -0.05) is 17.7 Å². The van der Waals surface area contributed by atoms with E-state index in [4.69, 9.17) is 30.5 Å². The van der Waals surface area contributed by atoms with Crippen molar-refractivity contribution >= 4 is 35.7 Å².